The van der Waals surface area contributed by atoms with Crippen LogP contribution in [0.1, 0.15) is 40.0 Å². The van der Waals surface area contributed by atoms with Gasteiger partial charge < -0.3 is 5.11 Å². The number of azo groups is 1. The van der Waals surface area contributed by atoms with Gasteiger partial charge in [-0.25, -0.2) is 0 Å². The maximum atomic E-state index is 9.36. The van der Waals surface area contributed by atoms with E-state index in [9.17, 15) is 5.11 Å². The molecule has 11 heavy (non-hydrogen) atoms. The van der Waals surface area contributed by atoms with E-state index in [0.717, 1.165) is 19.4 Å². The first-order valence-electron chi connectivity index (χ1n) is 4.23. The van der Waals surface area contributed by atoms with Gasteiger partial charge in [-0.15, -0.1) is 0 Å². The van der Waals surface area contributed by atoms with E-state index in [1.54, 1.807) is 6.92 Å². The zero-order chi connectivity index (χ0) is 8.74. The van der Waals surface area contributed by atoms with E-state index in [-0.39, 0.29) is 0 Å². The Balaban J connectivity index is 3.55. The van der Waals surface area contributed by atoms with Crippen LogP contribution in [0, 0.1) is 0 Å². The van der Waals surface area contributed by atoms with E-state index in [0.29, 0.717) is 6.42 Å². The highest BCUT2D eigenvalue weighted by Crippen LogP contribution is 2.10. The monoisotopic (exact) mass is 158 g/mol. The minimum atomic E-state index is -0.951. The minimum Gasteiger partial charge on any atom is -0.368 e. The largest absolute Gasteiger partial charge is 0.368 e. The second-order valence-corrected chi connectivity index (χ2v) is 2.89. The highest BCUT2D eigenvalue weighted by atomic mass is 16.3. The Labute approximate surface area is 68.5 Å². The molecular formula is C8H18N2O. The molecule has 0 aromatic carbocycles. The summed E-state index contributed by atoms with van der Waals surface area (Å²) < 4.78 is 0. The van der Waals surface area contributed by atoms with Crippen molar-refractivity contribution in [1.29, 1.82) is 0 Å². The van der Waals surface area contributed by atoms with Crippen molar-refractivity contribution in [2.24, 2.45) is 10.2 Å². The summed E-state index contributed by atoms with van der Waals surface area (Å²) in [6.07, 6.45) is 2.78. The van der Waals surface area contributed by atoms with E-state index in [1.165, 1.54) is 0 Å². The topological polar surface area (TPSA) is 45.0 Å². The summed E-state index contributed by atoms with van der Waals surface area (Å²) in [4.78, 5) is 0. The molecule has 1 atom stereocenters. The first kappa shape index (κ1) is 10.6. The summed E-state index contributed by atoms with van der Waals surface area (Å²) in [5.41, 5.74) is -0.951. The summed E-state index contributed by atoms with van der Waals surface area (Å²) in [6.45, 7) is 6.39. The fourth-order valence-corrected chi connectivity index (χ4v) is 0.502. The van der Waals surface area contributed by atoms with Gasteiger partial charge in [0.05, 0.1) is 6.54 Å². The van der Waals surface area contributed by atoms with Crippen LogP contribution in [0.5, 0.6) is 0 Å². The molecular weight excluding hydrogens is 140 g/mol. The van der Waals surface area contributed by atoms with E-state index >= 15 is 0 Å². The van der Waals surface area contributed by atoms with Gasteiger partial charge in [0.1, 0.15) is 0 Å². The van der Waals surface area contributed by atoms with Crippen LogP contribution < -0.4 is 0 Å². The van der Waals surface area contributed by atoms with Crippen molar-refractivity contribution in [3.8, 4) is 0 Å². The molecule has 0 fully saturated rings. The highest BCUT2D eigenvalue weighted by Gasteiger charge is 2.14. The molecule has 1 N–H and O–H groups in total. The van der Waals surface area contributed by atoms with Crippen molar-refractivity contribution < 1.29 is 5.11 Å². The van der Waals surface area contributed by atoms with Crippen LogP contribution in [0.3, 0.4) is 0 Å². The fourth-order valence-electron chi connectivity index (χ4n) is 0.502. The lowest BCUT2D eigenvalue weighted by Gasteiger charge is -2.12. The fraction of sp³-hybridized carbons (Fsp3) is 1.00. The standard InChI is InChI=1S/C8H18N2O/c1-4-6-7-9-10-8(3,11)5-2/h11H,4-7H2,1-3H3. The third kappa shape index (κ3) is 5.98. The Morgan fingerprint density at radius 2 is 2.00 bits per heavy atom. The first-order valence-corrected chi connectivity index (χ1v) is 4.23. The molecule has 0 aromatic rings. The van der Waals surface area contributed by atoms with Gasteiger partial charge in [-0.2, -0.15) is 10.2 Å². The molecule has 0 spiro atoms. The summed E-state index contributed by atoms with van der Waals surface area (Å²) in [6, 6.07) is 0. The van der Waals surface area contributed by atoms with E-state index in [4.69, 9.17) is 0 Å². The second-order valence-electron chi connectivity index (χ2n) is 2.89. The molecule has 66 valence electrons. The molecule has 0 aliphatic carbocycles. The van der Waals surface area contributed by atoms with Crippen molar-refractivity contribution in [2.75, 3.05) is 6.54 Å². The Morgan fingerprint density at radius 3 is 2.45 bits per heavy atom. The minimum absolute atomic E-state index is 0.614. The molecule has 3 nitrogen and oxygen atoms in total. The van der Waals surface area contributed by atoms with Crippen LogP contribution in [-0.2, 0) is 0 Å². The van der Waals surface area contributed by atoms with Crippen LogP contribution in [0.2, 0.25) is 0 Å². The average molecular weight is 158 g/mol. The first-order chi connectivity index (χ1) is 5.12. The Hall–Kier alpha value is -0.440. The van der Waals surface area contributed by atoms with Crippen LogP contribution in [0.4, 0.5) is 0 Å². The zero-order valence-electron chi connectivity index (χ0n) is 7.67. The van der Waals surface area contributed by atoms with E-state index in [2.05, 4.69) is 17.2 Å². The number of aliphatic hydroxyl groups is 1. The normalized spacial score (nSPS) is 17.1. The quantitative estimate of drug-likeness (QED) is 0.484. The lowest BCUT2D eigenvalue weighted by Crippen LogP contribution is -2.18. The van der Waals surface area contributed by atoms with Crippen molar-refractivity contribution in [3.05, 3.63) is 0 Å². The predicted molar refractivity (Wildman–Crippen MR) is 45.5 cm³/mol. The molecule has 0 bridgehead atoms. The molecule has 0 amide bonds. The molecule has 3 heteroatoms. The lowest BCUT2D eigenvalue weighted by atomic mass is 10.2. The average Bonchev–Trinajstić information content (AvgIpc) is 1.99. The second kappa shape index (κ2) is 5.24. The zero-order valence-corrected chi connectivity index (χ0v) is 7.67. The highest BCUT2D eigenvalue weighted by molar-refractivity contribution is 4.63. The number of hydrogen-bond donors (Lipinski definition) is 1. The van der Waals surface area contributed by atoms with Crippen molar-refractivity contribution >= 4 is 0 Å². The number of nitrogens with zero attached hydrogens (tertiary/aromatic N) is 2. The summed E-state index contributed by atoms with van der Waals surface area (Å²) >= 11 is 0. The molecule has 0 aliphatic heterocycles. The number of hydrogen-bond acceptors (Lipinski definition) is 3. The van der Waals surface area contributed by atoms with Crippen molar-refractivity contribution in [3.63, 3.8) is 0 Å². The van der Waals surface area contributed by atoms with Gasteiger partial charge in [-0.05, 0) is 19.8 Å². The van der Waals surface area contributed by atoms with Crippen molar-refractivity contribution in [2.45, 2.75) is 45.8 Å². The molecule has 0 aromatic heterocycles. The van der Waals surface area contributed by atoms with Crippen molar-refractivity contribution in [1.82, 2.24) is 0 Å². The van der Waals surface area contributed by atoms with Crippen LogP contribution >= 0.6 is 0 Å². The summed E-state index contributed by atoms with van der Waals surface area (Å²) in [7, 11) is 0. The van der Waals surface area contributed by atoms with Gasteiger partial charge in [0, 0.05) is 0 Å². The Morgan fingerprint density at radius 1 is 1.36 bits per heavy atom. The predicted octanol–water partition coefficient (Wildman–Crippen LogP) is 2.36. The molecule has 0 rings (SSSR count). The molecule has 0 saturated carbocycles. The maximum Gasteiger partial charge on any atom is 0.172 e. The summed E-state index contributed by atoms with van der Waals surface area (Å²) in [5, 5.41) is 17.0. The van der Waals surface area contributed by atoms with Gasteiger partial charge in [-0.1, -0.05) is 20.3 Å². The smallest absolute Gasteiger partial charge is 0.172 e. The van der Waals surface area contributed by atoms with Crippen LogP contribution in [-0.4, -0.2) is 17.4 Å². The van der Waals surface area contributed by atoms with E-state index in [1.807, 2.05) is 6.92 Å². The molecule has 0 radical (unpaired) electrons. The van der Waals surface area contributed by atoms with Gasteiger partial charge in [0.2, 0.25) is 0 Å². The summed E-state index contributed by atoms with van der Waals surface area (Å²) in [5.74, 6) is 0. The number of rotatable bonds is 5. The molecule has 1 unspecified atom stereocenters. The van der Waals surface area contributed by atoms with Crippen LogP contribution in [0.15, 0.2) is 10.2 Å². The lowest BCUT2D eigenvalue weighted by molar-refractivity contribution is 0.0571. The molecule has 0 heterocycles. The Bertz CT molecular complexity index is 121. The molecule has 0 aliphatic rings. The van der Waals surface area contributed by atoms with Gasteiger partial charge in [-0.3, -0.25) is 0 Å². The third-order valence-electron chi connectivity index (χ3n) is 1.57. The Kier molecular flexibility index (Phi) is 5.03. The van der Waals surface area contributed by atoms with Gasteiger partial charge in [0.15, 0.2) is 5.72 Å². The van der Waals surface area contributed by atoms with Gasteiger partial charge in [0.25, 0.3) is 0 Å². The van der Waals surface area contributed by atoms with E-state index < -0.39 is 5.72 Å². The maximum absolute atomic E-state index is 9.36. The number of unbranched alkanes of at least 4 members (excludes halogenated alkanes) is 1. The van der Waals surface area contributed by atoms with Crippen LogP contribution in [0.25, 0.3) is 0 Å². The SMILES string of the molecule is CCCCN=NC(C)(O)CC. The third-order valence-corrected chi connectivity index (χ3v) is 1.57. The molecule has 0 saturated heterocycles. The van der Waals surface area contributed by atoms with Gasteiger partial charge >= 0.3 is 0 Å².